The molecule has 1 aromatic heterocycles. The number of benzene rings is 1. The largest absolute Gasteiger partial charge is 0.395 e. The van der Waals surface area contributed by atoms with Gasteiger partial charge in [-0.05, 0) is 56.3 Å². The topological polar surface area (TPSA) is 81.6 Å². The Morgan fingerprint density at radius 3 is 2.56 bits per heavy atom. The monoisotopic (exact) mass is 441 g/mol. The number of aryl methyl sites for hydroxylation is 1. The molecule has 176 valence electrons. The second kappa shape index (κ2) is 13.1. The summed E-state index contributed by atoms with van der Waals surface area (Å²) < 4.78 is 0. The van der Waals surface area contributed by atoms with Gasteiger partial charge in [-0.2, -0.15) is 0 Å². The van der Waals surface area contributed by atoms with Gasteiger partial charge >= 0.3 is 0 Å². The van der Waals surface area contributed by atoms with Crippen molar-refractivity contribution in [3.05, 3.63) is 47.4 Å². The van der Waals surface area contributed by atoms with Gasteiger partial charge in [0.15, 0.2) is 0 Å². The van der Waals surface area contributed by atoms with E-state index in [-0.39, 0.29) is 12.5 Å². The molecule has 0 bridgehead atoms. The van der Waals surface area contributed by atoms with Gasteiger partial charge in [0.2, 0.25) is 0 Å². The number of carbonyl (C=O) groups is 1. The first-order valence-electron chi connectivity index (χ1n) is 11.8. The molecule has 0 aliphatic heterocycles. The summed E-state index contributed by atoms with van der Waals surface area (Å²) in [5, 5.41) is 12.0. The molecule has 2 N–H and O–H groups in total. The Labute approximate surface area is 192 Å². The summed E-state index contributed by atoms with van der Waals surface area (Å²) >= 11 is 0. The van der Waals surface area contributed by atoms with Gasteiger partial charge < -0.3 is 15.3 Å². The average Bonchev–Trinajstić information content (AvgIpc) is 3.61. The molecule has 3 rings (SSSR count). The minimum atomic E-state index is -0.227. The standard InChI is InChI=1S/C23H33N5O2.C2H6/c1-4-9-28(15-18-5-6-18)22-13-21(24-16-25-22)23(30)26-20-8-7-19(12-17(20)2)14-27(3)10-11-29;1-2/h7-8,12-13,16,18,29H,4-6,9-11,14-15H2,1-3H3,(H,26,30);1-2H3. The third-order valence-corrected chi connectivity index (χ3v) is 5.35. The molecule has 1 aliphatic rings. The molecule has 2 aromatic rings. The van der Waals surface area contributed by atoms with Crippen LogP contribution in [0.5, 0.6) is 0 Å². The fraction of sp³-hybridized carbons (Fsp3) is 0.560. The molecule has 1 heterocycles. The number of anilines is 2. The molecule has 0 radical (unpaired) electrons. The number of nitrogens with one attached hydrogen (secondary N) is 1. The van der Waals surface area contributed by atoms with Crippen molar-refractivity contribution in [2.75, 3.05) is 43.5 Å². The summed E-state index contributed by atoms with van der Waals surface area (Å²) in [4.78, 5) is 25.8. The number of nitrogens with zero attached hydrogens (tertiary/aromatic N) is 4. The van der Waals surface area contributed by atoms with Crippen LogP contribution in [0.1, 0.15) is 61.6 Å². The number of hydrogen-bond acceptors (Lipinski definition) is 6. The zero-order valence-corrected chi connectivity index (χ0v) is 20.3. The van der Waals surface area contributed by atoms with E-state index in [2.05, 4.69) is 38.1 Å². The van der Waals surface area contributed by atoms with Crippen LogP contribution >= 0.6 is 0 Å². The average molecular weight is 442 g/mol. The number of rotatable bonds is 11. The summed E-state index contributed by atoms with van der Waals surface area (Å²) in [7, 11) is 1.97. The second-order valence-corrected chi connectivity index (χ2v) is 8.22. The Bertz CT molecular complexity index is 854. The van der Waals surface area contributed by atoms with Crippen molar-refractivity contribution in [1.82, 2.24) is 14.9 Å². The Hall–Kier alpha value is -2.51. The lowest BCUT2D eigenvalue weighted by Gasteiger charge is -2.23. The number of likely N-dealkylation sites (N-methyl/N-ethyl adjacent to an activating group) is 1. The highest BCUT2D eigenvalue weighted by atomic mass is 16.3. The number of hydrogen-bond donors (Lipinski definition) is 2. The summed E-state index contributed by atoms with van der Waals surface area (Å²) in [5.74, 6) is 1.35. The molecular weight excluding hydrogens is 402 g/mol. The molecule has 1 fully saturated rings. The normalized spacial score (nSPS) is 12.8. The minimum absolute atomic E-state index is 0.140. The Balaban J connectivity index is 0.00000176. The third-order valence-electron chi connectivity index (χ3n) is 5.35. The summed E-state index contributed by atoms with van der Waals surface area (Å²) in [5.41, 5.74) is 3.29. The second-order valence-electron chi connectivity index (χ2n) is 8.22. The molecule has 32 heavy (non-hydrogen) atoms. The number of amides is 1. The maximum absolute atomic E-state index is 12.8. The first-order chi connectivity index (χ1) is 15.5. The molecule has 7 heteroatoms. The number of aliphatic hydroxyl groups excluding tert-OH is 1. The van der Waals surface area contributed by atoms with E-state index < -0.39 is 0 Å². The zero-order valence-electron chi connectivity index (χ0n) is 20.3. The first kappa shape index (κ1) is 25.7. The third kappa shape index (κ3) is 7.88. The van der Waals surface area contributed by atoms with Crippen LogP contribution in [0, 0.1) is 12.8 Å². The SMILES string of the molecule is CC.CCCN(CC1CC1)c1cc(C(=O)Nc2ccc(CN(C)CCO)cc2C)ncn1. The van der Waals surface area contributed by atoms with E-state index in [9.17, 15) is 4.79 Å². The quantitative estimate of drug-likeness (QED) is 0.546. The van der Waals surface area contributed by atoms with Crippen LogP contribution in [-0.2, 0) is 6.54 Å². The van der Waals surface area contributed by atoms with Gasteiger partial charge in [0.05, 0.1) is 6.61 Å². The van der Waals surface area contributed by atoms with Gasteiger partial charge in [0.25, 0.3) is 5.91 Å². The van der Waals surface area contributed by atoms with Crippen molar-refractivity contribution in [2.24, 2.45) is 5.92 Å². The van der Waals surface area contributed by atoms with Crippen molar-refractivity contribution in [1.29, 1.82) is 0 Å². The molecule has 0 spiro atoms. The molecule has 0 unspecified atom stereocenters. The maximum Gasteiger partial charge on any atom is 0.274 e. The number of aliphatic hydroxyl groups is 1. The van der Waals surface area contributed by atoms with E-state index in [1.165, 1.54) is 19.2 Å². The molecule has 0 atom stereocenters. The van der Waals surface area contributed by atoms with Gasteiger partial charge in [-0.1, -0.05) is 32.9 Å². The Morgan fingerprint density at radius 2 is 1.94 bits per heavy atom. The smallest absolute Gasteiger partial charge is 0.274 e. The highest BCUT2D eigenvalue weighted by Gasteiger charge is 2.25. The minimum Gasteiger partial charge on any atom is -0.395 e. The molecule has 1 amide bonds. The van der Waals surface area contributed by atoms with Crippen molar-refractivity contribution in [3.63, 3.8) is 0 Å². The molecule has 1 saturated carbocycles. The van der Waals surface area contributed by atoms with Crippen molar-refractivity contribution in [2.45, 2.75) is 53.5 Å². The van der Waals surface area contributed by atoms with Crippen LogP contribution in [-0.4, -0.2) is 59.2 Å². The zero-order chi connectivity index (χ0) is 23.5. The van der Waals surface area contributed by atoms with Crippen LogP contribution in [0.4, 0.5) is 11.5 Å². The lowest BCUT2D eigenvalue weighted by atomic mass is 10.1. The van der Waals surface area contributed by atoms with Crippen LogP contribution in [0.2, 0.25) is 0 Å². The van der Waals surface area contributed by atoms with Crippen molar-refractivity contribution in [3.8, 4) is 0 Å². The molecule has 0 saturated heterocycles. The van der Waals surface area contributed by atoms with E-state index >= 15 is 0 Å². The van der Waals surface area contributed by atoms with Crippen LogP contribution in [0.25, 0.3) is 0 Å². The first-order valence-corrected chi connectivity index (χ1v) is 11.8. The lowest BCUT2D eigenvalue weighted by molar-refractivity contribution is 0.102. The van der Waals surface area contributed by atoms with E-state index in [0.29, 0.717) is 12.2 Å². The van der Waals surface area contributed by atoms with Crippen LogP contribution in [0.3, 0.4) is 0 Å². The summed E-state index contributed by atoms with van der Waals surface area (Å²) in [6.07, 6.45) is 5.08. The van der Waals surface area contributed by atoms with E-state index in [1.54, 1.807) is 6.07 Å². The van der Waals surface area contributed by atoms with Gasteiger partial charge in [-0.15, -0.1) is 0 Å². The number of aromatic nitrogens is 2. The van der Waals surface area contributed by atoms with Crippen molar-refractivity contribution >= 4 is 17.4 Å². The molecule has 1 aliphatic carbocycles. The lowest BCUT2D eigenvalue weighted by Crippen LogP contribution is -2.28. The molecule has 1 aromatic carbocycles. The van der Waals surface area contributed by atoms with Gasteiger partial charge in [-0.3, -0.25) is 9.69 Å². The number of carbonyl (C=O) groups excluding carboxylic acids is 1. The summed E-state index contributed by atoms with van der Waals surface area (Å²) in [6.45, 7) is 11.6. The van der Waals surface area contributed by atoms with E-state index in [0.717, 1.165) is 54.6 Å². The highest BCUT2D eigenvalue weighted by Crippen LogP contribution is 2.31. The van der Waals surface area contributed by atoms with Crippen LogP contribution < -0.4 is 10.2 Å². The fourth-order valence-electron chi connectivity index (χ4n) is 3.54. The Morgan fingerprint density at radius 1 is 1.19 bits per heavy atom. The predicted octanol–water partition coefficient (Wildman–Crippen LogP) is 4.11. The predicted molar refractivity (Wildman–Crippen MR) is 131 cm³/mol. The summed E-state index contributed by atoms with van der Waals surface area (Å²) in [6, 6.07) is 7.78. The Kier molecular flexibility index (Phi) is 10.6. The maximum atomic E-state index is 12.8. The molecular formula is C25H39N5O2. The van der Waals surface area contributed by atoms with Gasteiger partial charge in [0, 0.05) is 37.9 Å². The van der Waals surface area contributed by atoms with Gasteiger partial charge in [0.1, 0.15) is 17.8 Å². The molecule has 7 nitrogen and oxygen atoms in total. The van der Waals surface area contributed by atoms with Gasteiger partial charge in [-0.25, -0.2) is 9.97 Å². The van der Waals surface area contributed by atoms with E-state index in [1.807, 2.05) is 40.0 Å². The highest BCUT2D eigenvalue weighted by molar-refractivity contribution is 6.03. The fourth-order valence-corrected chi connectivity index (χ4v) is 3.54. The van der Waals surface area contributed by atoms with Crippen molar-refractivity contribution < 1.29 is 9.90 Å². The van der Waals surface area contributed by atoms with E-state index in [4.69, 9.17) is 5.11 Å². The van der Waals surface area contributed by atoms with Crippen LogP contribution in [0.15, 0.2) is 30.6 Å².